The summed E-state index contributed by atoms with van der Waals surface area (Å²) in [6, 6.07) is 4.44. The van der Waals surface area contributed by atoms with Gasteiger partial charge in [-0.05, 0) is 18.2 Å². The van der Waals surface area contributed by atoms with Crippen molar-refractivity contribution >= 4 is 16.9 Å². The number of phenolic OH excluding ortho intramolecular Hbond substituents is 1. The van der Waals surface area contributed by atoms with E-state index in [1.54, 1.807) is 6.07 Å². The Hall–Kier alpha value is -2.04. The van der Waals surface area contributed by atoms with Crippen LogP contribution < -0.4 is 0 Å². The Balaban J connectivity index is 2.55. The van der Waals surface area contributed by atoms with Gasteiger partial charge in [0.2, 0.25) is 0 Å². The van der Waals surface area contributed by atoms with Crippen LogP contribution in [0, 0.1) is 0 Å². The lowest BCUT2D eigenvalue weighted by Crippen LogP contribution is -2.00. The normalized spacial score (nSPS) is 10.6. The number of rotatable bonds is 2. The monoisotopic (exact) mass is 193 g/mol. The van der Waals surface area contributed by atoms with Crippen LogP contribution in [0.5, 0.6) is 5.75 Å². The highest BCUT2D eigenvalue weighted by atomic mass is 16.5. The third-order valence-corrected chi connectivity index (χ3v) is 1.85. The fourth-order valence-corrected chi connectivity index (χ4v) is 1.25. The van der Waals surface area contributed by atoms with Crippen LogP contribution in [-0.4, -0.2) is 21.3 Å². The summed E-state index contributed by atoms with van der Waals surface area (Å²) in [5.74, 6) is -0.920. The second-order valence-corrected chi connectivity index (χ2v) is 2.88. The topological polar surface area (TPSA) is 83.6 Å². The first-order valence-electron chi connectivity index (χ1n) is 3.96. The Kier molecular flexibility index (Phi) is 1.85. The molecule has 0 aliphatic heterocycles. The highest BCUT2D eigenvalue weighted by Gasteiger charge is 2.11. The second kappa shape index (κ2) is 3.02. The van der Waals surface area contributed by atoms with Gasteiger partial charge >= 0.3 is 5.97 Å². The zero-order chi connectivity index (χ0) is 10.1. The van der Waals surface area contributed by atoms with Crippen molar-refractivity contribution in [2.45, 2.75) is 6.42 Å². The summed E-state index contributed by atoms with van der Waals surface area (Å²) in [6.07, 6.45) is -0.212. The van der Waals surface area contributed by atoms with Crippen molar-refractivity contribution < 1.29 is 19.5 Å². The van der Waals surface area contributed by atoms with Crippen LogP contribution in [-0.2, 0) is 11.2 Å². The quantitative estimate of drug-likeness (QED) is 0.747. The molecule has 0 aliphatic carbocycles. The zero-order valence-electron chi connectivity index (χ0n) is 7.10. The van der Waals surface area contributed by atoms with Crippen LogP contribution in [0.25, 0.3) is 11.0 Å². The molecule has 0 saturated heterocycles. The van der Waals surface area contributed by atoms with Crippen molar-refractivity contribution in [2.75, 3.05) is 0 Å². The van der Waals surface area contributed by atoms with Crippen molar-refractivity contribution in [1.29, 1.82) is 0 Å². The number of aromatic hydroxyl groups is 1. The molecular formula is C9H7NO4. The van der Waals surface area contributed by atoms with Crippen molar-refractivity contribution in [2.24, 2.45) is 0 Å². The second-order valence-electron chi connectivity index (χ2n) is 2.88. The van der Waals surface area contributed by atoms with Gasteiger partial charge < -0.3 is 14.7 Å². The molecule has 0 atom stereocenters. The van der Waals surface area contributed by atoms with E-state index in [0.29, 0.717) is 16.7 Å². The van der Waals surface area contributed by atoms with Gasteiger partial charge in [-0.15, -0.1) is 0 Å². The molecule has 0 aliphatic rings. The first kappa shape index (κ1) is 8.55. The number of hydrogen-bond donors (Lipinski definition) is 2. The third-order valence-electron chi connectivity index (χ3n) is 1.85. The maximum atomic E-state index is 10.5. The lowest BCUT2D eigenvalue weighted by atomic mass is 10.1. The summed E-state index contributed by atoms with van der Waals surface area (Å²) in [7, 11) is 0. The Bertz CT molecular complexity index is 489. The van der Waals surface area contributed by atoms with Gasteiger partial charge in [0.1, 0.15) is 11.4 Å². The van der Waals surface area contributed by atoms with E-state index in [1.807, 2.05) is 0 Å². The standard InChI is InChI=1S/C9H7NO4/c11-5-1-2-8-6(3-5)7(10-14-8)4-9(12)13/h1-3,11H,4H2,(H,12,13). The summed E-state index contributed by atoms with van der Waals surface area (Å²) in [6.45, 7) is 0. The molecule has 0 spiro atoms. The molecule has 0 radical (unpaired) electrons. The van der Waals surface area contributed by atoms with Gasteiger partial charge in [-0.2, -0.15) is 0 Å². The molecule has 72 valence electrons. The molecule has 2 N–H and O–H groups in total. The lowest BCUT2D eigenvalue weighted by Gasteiger charge is -1.91. The van der Waals surface area contributed by atoms with Gasteiger partial charge in [0.05, 0.1) is 6.42 Å². The number of nitrogens with zero attached hydrogens (tertiary/aromatic N) is 1. The highest BCUT2D eigenvalue weighted by molar-refractivity contribution is 5.84. The summed E-state index contributed by atoms with van der Waals surface area (Å²) in [5, 5.41) is 21.9. The number of aliphatic carboxylic acids is 1. The minimum atomic E-state index is -0.983. The average molecular weight is 193 g/mol. The average Bonchev–Trinajstić information content (AvgIpc) is 2.47. The highest BCUT2D eigenvalue weighted by Crippen LogP contribution is 2.23. The van der Waals surface area contributed by atoms with Crippen molar-refractivity contribution in [3.05, 3.63) is 23.9 Å². The van der Waals surface area contributed by atoms with Gasteiger partial charge in [0.25, 0.3) is 0 Å². The smallest absolute Gasteiger partial charge is 0.309 e. The Labute approximate surface area is 78.6 Å². The number of carboxylic acid groups (broad SMARTS) is 1. The zero-order valence-corrected chi connectivity index (χ0v) is 7.10. The largest absolute Gasteiger partial charge is 0.508 e. The summed E-state index contributed by atoms with van der Waals surface area (Å²) >= 11 is 0. The fourth-order valence-electron chi connectivity index (χ4n) is 1.25. The Morgan fingerprint density at radius 2 is 2.29 bits per heavy atom. The van der Waals surface area contributed by atoms with Gasteiger partial charge in [0.15, 0.2) is 5.58 Å². The van der Waals surface area contributed by atoms with Gasteiger partial charge in [-0.3, -0.25) is 4.79 Å². The first-order chi connectivity index (χ1) is 6.66. The summed E-state index contributed by atoms with van der Waals surface area (Å²) < 4.78 is 4.88. The number of benzene rings is 1. The Morgan fingerprint density at radius 3 is 3.00 bits per heavy atom. The number of carboxylic acids is 1. The minimum Gasteiger partial charge on any atom is -0.508 e. The molecule has 0 bridgehead atoms. The van der Waals surface area contributed by atoms with Crippen LogP contribution in [0.4, 0.5) is 0 Å². The third kappa shape index (κ3) is 1.39. The van der Waals surface area contributed by atoms with Crippen molar-refractivity contribution in [3.8, 4) is 5.75 Å². The summed E-state index contributed by atoms with van der Waals surface area (Å²) in [5.41, 5.74) is 0.794. The maximum absolute atomic E-state index is 10.5. The van der Waals surface area contributed by atoms with E-state index in [2.05, 4.69) is 5.16 Å². The van der Waals surface area contributed by atoms with E-state index in [1.165, 1.54) is 12.1 Å². The van der Waals surface area contributed by atoms with Crippen molar-refractivity contribution in [1.82, 2.24) is 5.16 Å². The van der Waals surface area contributed by atoms with E-state index in [9.17, 15) is 9.90 Å². The van der Waals surface area contributed by atoms with Crippen LogP contribution in [0.3, 0.4) is 0 Å². The SMILES string of the molecule is O=C(O)Cc1noc2ccc(O)cc12. The molecule has 1 aromatic heterocycles. The molecule has 0 fully saturated rings. The van der Waals surface area contributed by atoms with E-state index >= 15 is 0 Å². The molecule has 0 amide bonds. The van der Waals surface area contributed by atoms with E-state index in [4.69, 9.17) is 9.63 Å². The molecule has 1 heterocycles. The molecule has 1 aromatic carbocycles. The molecule has 0 saturated carbocycles. The lowest BCUT2D eigenvalue weighted by molar-refractivity contribution is -0.136. The minimum absolute atomic E-state index is 0.0624. The fraction of sp³-hybridized carbons (Fsp3) is 0.111. The van der Waals surface area contributed by atoms with E-state index in [-0.39, 0.29) is 12.2 Å². The van der Waals surface area contributed by atoms with Crippen LogP contribution in [0.2, 0.25) is 0 Å². The summed E-state index contributed by atoms with van der Waals surface area (Å²) in [4.78, 5) is 10.5. The number of fused-ring (bicyclic) bond motifs is 1. The number of carbonyl (C=O) groups is 1. The molecular weight excluding hydrogens is 186 g/mol. The molecule has 5 nitrogen and oxygen atoms in total. The maximum Gasteiger partial charge on any atom is 0.309 e. The van der Waals surface area contributed by atoms with Crippen LogP contribution >= 0.6 is 0 Å². The molecule has 2 aromatic rings. The van der Waals surface area contributed by atoms with Crippen LogP contribution in [0.15, 0.2) is 22.7 Å². The van der Waals surface area contributed by atoms with Gasteiger partial charge in [-0.25, -0.2) is 0 Å². The number of hydrogen-bond acceptors (Lipinski definition) is 4. The van der Waals surface area contributed by atoms with E-state index in [0.717, 1.165) is 0 Å². The van der Waals surface area contributed by atoms with Gasteiger partial charge in [0, 0.05) is 5.39 Å². The van der Waals surface area contributed by atoms with Crippen LogP contribution in [0.1, 0.15) is 5.69 Å². The molecule has 0 unspecified atom stereocenters. The van der Waals surface area contributed by atoms with Gasteiger partial charge in [-0.1, -0.05) is 5.16 Å². The van der Waals surface area contributed by atoms with Crippen molar-refractivity contribution in [3.63, 3.8) is 0 Å². The molecule has 2 rings (SSSR count). The predicted octanol–water partition coefficient (Wildman–Crippen LogP) is 1.16. The first-order valence-corrected chi connectivity index (χ1v) is 3.96. The molecule has 14 heavy (non-hydrogen) atoms. The Morgan fingerprint density at radius 1 is 1.50 bits per heavy atom. The van der Waals surface area contributed by atoms with E-state index < -0.39 is 5.97 Å². The molecule has 5 heteroatoms. The predicted molar refractivity (Wildman–Crippen MR) is 47.0 cm³/mol. The number of phenols is 1. The number of aromatic nitrogens is 1.